The van der Waals surface area contributed by atoms with Gasteiger partial charge in [-0.15, -0.1) is 0 Å². The molecule has 64 valence electrons. The van der Waals surface area contributed by atoms with Crippen molar-refractivity contribution < 1.29 is 4.79 Å². The standard InChI is InChI=1S/C8H16BIO/c1-5-10(6-9)7(11)8(2,3)4/h5-6H2,1-4H3. The molecule has 0 aromatic rings. The average Bonchev–Trinajstić information content (AvgIpc) is 1.88. The van der Waals surface area contributed by atoms with Crippen LogP contribution in [0.3, 0.4) is 0 Å². The van der Waals surface area contributed by atoms with Gasteiger partial charge in [-0.25, -0.2) is 0 Å². The first kappa shape index (κ1) is 11.5. The van der Waals surface area contributed by atoms with E-state index < -0.39 is 19.8 Å². The fourth-order valence-electron chi connectivity index (χ4n) is 0.701. The molecule has 0 aliphatic rings. The summed E-state index contributed by atoms with van der Waals surface area (Å²) in [5, 5.41) is 0. The molecule has 0 atom stereocenters. The zero-order valence-electron chi connectivity index (χ0n) is 7.78. The van der Waals surface area contributed by atoms with Gasteiger partial charge >= 0.3 is 78.1 Å². The molecule has 0 amide bonds. The Balaban J connectivity index is 4.22. The quantitative estimate of drug-likeness (QED) is 0.331. The molecule has 0 spiro atoms. The van der Waals surface area contributed by atoms with Crippen LogP contribution in [-0.4, -0.2) is 20.4 Å². The normalized spacial score (nSPS) is 12.9. The fourth-order valence-corrected chi connectivity index (χ4v) is 4.71. The van der Waals surface area contributed by atoms with Crippen molar-refractivity contribution in [3.8, 4) is 0 Å². The van der Waals surface area contributed by atoms with Gasteiger partial charge in [0.15, 0.2) is 0 Å². The Bertz CT molecular complexity index is 136. The minimum atomic E-state index is -1.44. The van der Waals surface area contributed by atoms with Gasteiger partial charge < -0.3 is 0 Å². The third-order valence-corrected chi connectivity index (χ3v) is 7.25. The maximum absolute atomic E-state index is 11.6. The Morgan fingerprint density at radius 1 is 1.45 bits per heavy atom. The summed E-state index contributed by atoms with van der Waals surface area (Å²) in [5.74, 6) is 0. The number of carbonyl (C=O) groups is 1. The number of hydrogen-bond donors (Lipinski definition) is 0. The number of alkyl halides is 2. The molecule has 11 heavy (non-hydrogen) atoms. The molecule has 0 heterocycles. The van der Waals surface area contributed by atoms with E-state index in [-0.39, 0.29) is 5.41 Å². The van der Waals surface area contributed by atoms with E-state index in [1.165, 1.54) is 0 Å². The van der Waals surface area contributed by atoms with E-state index in [2.05, 4.69) is 6.92 Å². The first-order valence-electron chi connectivity index (χ1n) is 3.79. The van der Waals surface area contributed by atoms with Gasteiger partial charge in [0, 0.05) is 0 Å². The predicted octanol–water partition coefficient (Wildman–Crippen LogP) is 2.21. The molecule has 3 heteroatoms. The van der Waals surface area contributed by atoms with Crippen molar-refractivity contribution in [3.05, 3.63) is 0 Å². The number of hydrogen-bond acceptors (Lipinski definition) is 1. The molecule has 0 saturated carbocycles. The second kappa shape index (κ2) is 4.48. The Labute approximate surface area is 78.1 Å². The van der Waals surface area contributed by atoms with Crippen molar-refractivity contribution in [1.82, 2.24) is 0 Å². The predicted molar refractivity (Wildman–Crippen MR) is 59.6 cm³/mol. The second-order valence-corrected chi connectivity index (χ2v) is 9.39. The molecule has 0 fully saturated rings. The molecule has 1 nitrogen and oxygen atoms in total. The van der Waals surface area contributed by atoms with Gasteiger partial charge in [0.1, 0.15) is 0 Å². The average molecular weight is 266 g/mol. The number of carbonyl (C=O) groups excluding carboxylic acids is 1. The Kier molecular flexibility index (Phi) is 4.67. The maximum atomic E-state index is 11.6. The summed E-state index contributed by atoms with van der Waals surface area (Å²) in [6, 6.07) is 0. The van der Waals surface area contributed by atoms with Gasteiger partial charge in [0.2, 0.25) is 0 Å². The molecule has 0 bridgehead atoms. The van der Waals surface area contributed by atoms with Crippen LogP contribution in [0.15, 0.2) is 0 Å². The number of halogens is 1. The van der Waals surface area contributed by atoms with Gasteiger partial charge in [0.05, 0.1) is 0 Å². The summed E-state index contributed by atoms with van der Waals surface area (Å²) in [5.41, 5.74) is -0.166. The topological polar surface area (TPSA) is 17.1 Å². The Morgan fingerprint density at radius 3 is 2.00 bits per heavy atom. The van der Waals surface area contributed by atoms with Crippen LogP contribution in [0.1, 0.15) is 27.7 Å². The molecule has 0 saturated heterocycles. The van der Waals surface area contributed by atoms with Crippen LogP contribution >= 0.6 is 19.8 Å². The van der Waals surface area contributed by atoms with Crippen molar-refractivity contribution in [3.63, 3.8) is 0 Å². The van der Waals surface area contributed by atoms with Crippen molar-refractivity contribution in [2.24, 2.45) is 5.41 Å². The summed E-state index contributed by atoms with van der Waals surface area (Å²) >= 11 is -1.44. The van der Waals surface area contributed by atoms with Crippen LogP contribution in [0.2, 0.25) is 0 Å². The molecule has 0 aliphatic carbocycles. The molecule has 0 aromatic carbocycles. The van der Waals surface area contributed by atoms with Crippen molar-refractivity contribution in [2.45, 2.75) is 27.7 Å². The first-order chi connectivity index (χ1) is 4.93. The molecular weight excluding hydrogens is 250 g/mol. The van der Waals surface area contributed by atoms with Gasteiger partial charge in [-0.1, -0.05) is 0 Å². The van der Waals surface area contributed by atoms with Crippen molar-refractivity contribution >= 4 is 31.5 Å². The Hall–Kier alpha value is 0.465. The minimum absolute atomic E-state index is 0.166. The summed E-state index contributed by atoms with van der Waals surface area (Å²) in [6.45, 7) is 8.00. The first-order valence-corrected chi connectivity index (χ1v) is 7.92. The van der Waals surface area contributed by atoms with Crippen LogP contribution in [0.5, 0.6) is 0 Å². The van der Waals surface area contributed by atoms with Crippen molar-refractivity contribution in [1.29, 1.82) is 0 Å². The van der Waals surface area contributed by atoms with Gasteiger partial charge in [-0.2, -0.15) is 0 Å². The molecule has 0 rings (SSSR count). The molecule has 0 N–H and O–H groups in total. The number of rotatable bonds is 3. The van der Waals surface area contributed by atoms with E-state index in [0.717, 1.165) is 4.43 Å². The zero-order chi connectivity index (χ0) is 9.07. The second-order valence-electron chi connectivity index (χ2n) is 3.40. The van der Waals surface area contributed by atoms with Crippen LogP contribution in [-0.2, 0) is 4.79 Å². The van der Waals surface area contributed by atoms with Crippen LogP contribution < -0.4 is 0 Å². The van der Waals surface area contributed by atoms with Crippen molar-refractivity contribution in [2.75, 3.05) is 8.75 Å². The van der Waals surface area contributed by atoms with Crippen LogP contribution in [0, 0.1) is 5.41 Å². The third-order valence-electron chi connectivity index (χ3n) is 1.34. The van der Waals surface area contributed by atoms with E-state index >= 15 is 0 Å². The Morgan fingerprint density at radius 2 is 1.91 bits per heavy atom. The van der Waals surface area contributed by atoms with Gasteiger partial charge in [-0.05, 0) is 0 Å². The summed E-state index contributed by atoms with van der Waals surface area (Å²) in [6.07, 6.45) is 0. The summed E-state index contributed by atoms with van der Waals surface area (Å²) in [4.78, 5) is 11.6. The zero-order valence-corrected chi connectivity index (χ0v) is 9.94. The molecule has 0 aromatic heterocycles. The molecule has 0 unspecified atom stereocenters. The molecule has 2 radical (unpaired) electrons. The van der Waals surface area contributed by atoms with Crippen LogP contribution in [0.4, 0.5) is 0 Å². The molecule has 0 aliphatic heterocycles. The SMILES string of the molecule is [B]CI(CC)C(=O)C(C)(C)C. The van der Waals surface area contributed by atoms with Gasteiger partial charge in [0.25, 0.3) is 0 Å². The fraction of sp³-hybridized carbons (Fsp3) is 0.875. The summed E-state index contributed by atoms with van der Waals surface area (Å²) < 4.78 is 2.08. The van der Waals surface area contributed by atoms with E-state index in [1.54, 1.807) is 0 Å². The third kappa shape index (κ3) is 3.58. The molecular formula is C8H16BIO. The van der Waals surface area contributed by atoms with Gasteiger partial charge in [-0.3, -0.25) is 0 Å². The monoisotopic (exact) mass is 266 g/mol. The van der Waals surface area contributed by atoms with Crippen LogP contribution in [0.25, 0.3) is 0 Å². The van der Waals surface area contributed by atoms with E-state index in [0.29, 0.717) is 8.12 Å². The van der Waals surface area contributed by atoms with E-state index in [1.807, 2.05) is 20.8 Å². The van der Waals surface area contributed by atoms with E-state index in [9.17, 15) is 4.79 Å². The van der Waals surface area contributed by atoms with E-state index in [4.69, 9.17) is 7.85 Å². The summed E-state index contributed by atoms with van der Waals surface area (Å²) in [7, 11) is 5.53.